The van der Waals surface area contributed by atoms with E-state index in [1.54, 1.807) is 0 Å². The molecule has 1 saturated heterocycles. The van der Waals surface area contributed by atoms with Crippen LogP contribution in [0.25, 0.3) is 0 Å². The van der Waals surface area contributed by atoms with E-state index in [0.717, 1.165) is 13.1 Å². The first kappa shape index (κ1) is 11.1. The topological polar surface area (TPSA) is 46.3 Å². The molecule has 1 amide bonds. The summed E-state index contributed by atoms with van der Waals surface area (Å²) in [6.45, 7) is 3.54. The number of hydrogen-bond acceptors (Lipinski definition) is 2. The Morgan fingerprint density at radius 3 is 2.62 bits per heavy atom. The van der Waals surface area contributed by atoms with Crippen molar-refractivity contribution in [2.45, 2.75) is 25.3 Å². The van der Waals surface area contributed by atoms with Crippen LogP contribution in [-0.2, 0) is 4.79 Å². The van der Waals surface area contributed by atoms with Crippen LogP contribution in [0.5, 0.6) is 0 Å². The number of hydrogen-bond donors (Lipinski definition) is 1. The van der Waals surface area contributed by atoms with E-state index in [1.807, 2.05) is 23.1 Å². The highest BCUT2D eigenvalue weighted by Crippen LogP contribution is 2.20. The van der Waals surface area contributed by atoms with Gasteiger partial charge in [-0.05, 0) is 11.5 Å². The lowest BCUT2D eigenvalue weighted by atomic mass is 9.96. The van der Waals surface area contributed by atoms with Gasteiger partial charge < -0.3 is 10.6 Å². The Bertz CT molecular complexity index is 357. The van der Waals surface area contributed by atoms with Crippen LogP contribution in [0.1, 0.15) is 24.8 Å². The van der Waals surface area contributed by atoms with Crippen molar-refractivity contribution in [1.82, 2.24) is 4.90 Å². The monoisotopic (exact) mass is 218 g/mol. The van der Waals surface area contributed by atoms with Crippen molar-refractivity contribution in [3.05, 3.63) is 35.9 Å². The number of likely N-dealkylation sites (tertiary alicyclic amines) is 1. The molecule has 0 spiro atoms. The third kappa shape index (κ3) is 2.42. The van der Waals surface area contributed by atoms with Crippen LogP contribution in [0.2, 0.25) is 0 Å². The third-order valence-corrected chi connectivity index (χ3v) is 3.11. The van der Waals surface area contributed by atoms with Gasteiger partial charge in [0, 0.05) is 25.6 Å². The Hall–Kier alpha value is -1.35. The SMILES string of the molecule is CC(CC(=O)N1CC(N)C1)c1ccccc1. The highest BCUT2D eigenvalue weighted by molar-refractivity contribution is 5.78. The van der Waals surface area contributed by atoms with E-state index in [9.17, 15) is 4.79 Å². The molecule has 2 rings (SSSR count). The summed E-state index contributed by atoms with van der Waals surface area (Å²) in [4.78, 5) is 13.7. The quantitative estimate of drug-likeness (QED) is 0.832. The lowest BCUT2D eigenvalue weighted by molar-refractivity contribution is -0.135. The number of rotatable bonds is 3. The van der Waals surface area contributed by atoms with E-state index in [2.05, 4.69) is 19.1 Å². The summed E-state index contributed by atoms with van der Waals surface area (Å²) in [6.07, 6.45) is 0.580. The fourth-order valence-corrected chi connectivity index (χ4v) is 2.01. The van der Waals surface area contributed by atoms with Gasteiger partial charge in [0.2, 0.25) is 5.91 Å². The fourth-order valence-electron chi connectivity index (χ4n) is 2.01. The van der Waals surface area contributed by atoms with Crippen molar-refractivity contribution >= 4 is 5.91 Å². The molecule has 1 aromatic rings. The molecular formula is C13H18N2O. The lowest BCUT2D eigenvalue weighted by Gasteiger charge is -2.37. The Morgan fingerprint density at radius 1 is 1.44 bits per heavy atom. The largest absolute Gasteiger partial charge is 0.339 e. The zero-order valence-corrected chi connectivity index (χ0v) is 9.60. The maximum absolute atomic E-state index is 11.8. The van der Waals surface area contributed by atoms with Crippen LogP contribution in [0.4, 0.5) is 0 Å². The maximum atomic E-state index is 11.8. The van der Waals surface area contributed by atoms with E-state index in [4.69, 9.17) is 5.73 Å². The van der Waals surface area contributed by atoms with Crippen LogP contribution >= 0.6 is 0 Å². The second-order valence-corrected chi connectivity index (χ2v) is 4.57. The first-order chi connectivity index (χ1) is 7.66. The number of carbonyl (C=O) groups excluding carboxylic acids is 1. The first-order valence-electron chi connectivity index (χ1n) is 5.75. The average Bonchev–Trinajstić information content (AvgIpc) is 2.26. The predicted molar refractivity (Wildman–Crippen MR) is 64.0 cm³/mol. The molecule has 1 atom stereocenters. The molecule has 3 nitrogen and oxygen atoms in total. The van der Waals surface area contributed by atoms with Gasteiger partial charge in [-0.15, -0.1) is 0 Å². The summed E-state index contributed by atoms with van der Waals surface area (Å²) in [5, 5.41) is 0. The van der Waals surface area contributed by atoms with Gasteiger partial charge in [0.1, 0.15) is 0 Å². The molecule has 0 aromatic heterocycles. The minimum Gasteiger partial charge on any atom is -0.339 e. The van der Waals surface area contributed by atoms with Gasteiger partial charge in [0.05, 0.1) is 0 Å². The first-order valence-corrected chi connectivity index (χ1v) is 5.75. The lowest BCUT2D eigenvalue weighted by Crippen LogP contribution is -2.57. The standard InChI is InChI=1S/C13H18N2O/c1-10(11-5-3-2-4-6-11)7-13(16)15-8-12(14)9-15/h2-6,10,12H,7-9,14H2,1H3. The molecule has 3 heteroatoms. The Labute approximate surface area is 96.2 Å². The van der Waals surface area contributed by atoms with Crippen LogP contribution in [0, 0.1) is 0 Å². The number of nitrogens with zero attached hydrogens (tertiary/aromatic N) is 1. The summed E-state index contributed by atoms with van der Waals surface area (Å²) in [5.74, 6) is 0.503. The molecule has 2 N–H and O–H groups in total. The van der Waals surface area contributed by atoms with Gasteiger partial charge >= 0.3 is 0 Å². The van der Waals surface area contributed by atoms with Gasteiger partial charge in [-0.3, -0.25) is 4.79 Å². The molecule has 0 bridgehead atoms. The summed E-state index contributed by atoms with van der Waals surface area (Å²) >= 11 is 0. The van der Waals surface area contributed by atoms with Crippen LogP contribution in [-0.4, -0.2) is 29.9 Å². The predicted octanol–water partition coefficient (Wildman–Crippen LogP) is 1.35. The van der Waals surface area contributed by atoms with Crippen LogP contribution in [0.3, 0.4) is 0 Å². The molecule has 0 radical (unpaired) electrons. The van der Waals surface area contributed by atoms with Crippen molar-refractivity contribution in [2.75, 3.05) is 13.1 Å². The van der Waals surface area contributed by atoms with Crippen molar-refractivity contribution in [2.24, 2.45) is 5.73 Å². The highest BCUT2D eigenvalue weighted by Gasteiger charge is 2.28. The van der Waals surface area contributed by atoms with Crippen molar-refractivity contribution in [3.8, 4) is 0 Å². The normalized spacial score (nSPS) is 18.0. The number of carbonyl (C=O) groups is 1. The van der Waals surface area contributed by atoms with Crippen molar-refractivity contribution in [3.63, 3.8) is 0 Å². The molecule has 0 saturated carbocycles. The number of benzene rings is 1. The molecule has 0 aliphatic carbocycles. The zero-order valence-electron chi connectivity index (χ0n) is 9.60. The number of nitrogens with two attached hydrogens (primary N) is 1. The van der Waals surface area contributed by atoms with Gasteiger partial charge in [-0.2, -0.15) is 0 Å². The molecular weight excluding hydrogens is 200 g/mol. The maximum Gasteiger partial charge on any atom is 0.223 e. The summed E-state index contributed by atoms with van der Waals surface area (Å²) < 4.78 is 0. The van der Waals surface area contributed by atoms with Gasteiger partial charge in [-0.25, -0.2) is 0 Å². The number of amides is 1. The van der Waals surface area contributed by atoms with E-state index in [0.29, 0.717) is 6.42 Å². The molecule has 1 aliphatic heterocycles. The second-order valence-electron chi connectivity index (χ2n) is 4.57. The molecule has 1 fully saturated rings. The highest BCUT2D eigenvalue weighted by atomic mass is 16.2. The summed E-state index contributed by atoms with van der Waals surface area (Å²) in [7, 11) is 0. The zero-order chi connectivity index (χ0) is 11.5. The second kappa shape index (κ2) is 4.66. The molecule has 1 aromatic carbocycles. The Morgan fingerprint density at radius 2 is 2.06 bits per heavy atom. The average molecular weight is 218 g/mol. The third-order valence-electron chi connectivity index (χ3n) is 3.11. The summed E-state index contributed by atoms with van der Waals surface area (Å²) in [6, 6.07) is 10.3. The van der Waals surface area contributed by atoms with Gasteiger partial charge in [0.25, 0.3) is 0 Å². The van der Waals surface area contributed by atoms with Crippen LogP contribution in [0.15, 0.2) is 30.3 Å². The Balaban J connectivity index is 1.88. The molecule has 16 heavy (non-hydrogen) atoms. The van der Waals surface area contributed by atoms with Crippen molar-refractivity contribution < 1.29 is 4.79 Å². The van der Waals surface area contributed by atoms with E-state index in [-0.39, 0.29) is 17.9 Å². The van der Waals surface area contributed by atoms with E-state index >= 15 is 0 Å². The van der Waals surface area contributed by atoms with E-state index < -0.39 is 0 Å². The van der Waals surface area contributed by atoms with E-state index in [1.165, 1.54) is 5.56 Å². The minimum absolute atomic E-state index is 0.191. The van der Waals surface area contributed by atoms with Crippen molar-refractivity contribution in [1.29, 1.82) is 0 Å². The fraction of sp³-hybridized carbons (Fsp3) is 0.462. The Kier molecular flexibility index (Phi) is 3.25. The minimum atomic E-state index is 0.191. The van der Waals surface area contributed by atoms with Crippen LogP contribution < -0.4 is 5.73 Å². The summed E-state index contributed by atoms with van der Waals surface area (Å²) in [5.41, 5.74) is 6.88. The molecule has 1 unspecified atom stereocenters. The smallest absolute Gasteiger partial charge is 0.223 e. The van der Waals surface area contributed by atoms with Gasteiger partial charge in [0.15, 0.2) is 0 Å². The molecule has 86 valence electrons. The molecule has 1 heterocycles. The molecule has 1 aliphatic rings. The van der Waals surface area contributed by atoms with Gasteiger partial charge in [-0.1, -0.05) is 37.3 Å².